The van der Waals surface area contributed by atoms with Gasteiger partial charge in [-0.25, -0.2) is 4.79 Å². The first-order valence-electron chi connectivity index (χ1n) is 7.87. The molecule has 0 aliphatic carbocycles. The molecule has 0 bridgehead atoms. The molecule has 0 heterocycles. The zero-order valence-electron chi connectivity index (χ0n) is 13.6. The number of carbonyl (C=O) groups is 1. The van der Waals surface area contributed by atoms with Crippen LogP contribution in [0.25, 0.3) is 0 Å². The molecule has 0 saturated carbocycles. The van der Waals surface area contributed by atoms with E-state index in [4.69, 9.17) is 14.7 Å². The summed E-state index contributed by atoms with van der Waals surface area (Å²) in [6, 6.07) is 16.2. The van der Waals surface area contributed by atoms with Gasteiger partial charge in [-0.15, -0.1) is 0 Å². The number of nitrogens with zero attached hydrogens (tertiary/aromatic N) is 1. The monoisotopic (exact) mass is 324 g/mol. The molecule has 0 aliphatic rings. The van der Waals surface area contributed by atoms with Crippen LogP contribution in [0.5, 0.6) is 5.75 Å². The van der Waals surface area contributed by atoms with Crippen LogP contribution in [0.1, 0.15) is 29.3 Å². The van der Waals surface area contributed by atoms with E-state index in [-0.39, 0.29) is 5.97 Å². The quantitative estimate of drug-likeness (QED) is 0.593. The maximum atomic E-state index is 11.7. The molecule has 0 unspecified atom stereocenters. The van der Waals surface area contributed by atoms with Crippen LogP contribution in [0.15, 0.2) is 48.5 Å². The average molecular weight is 324 g/mol. The molecule has 0 spiro atoms. The van der Waals surface area contributed by atoms with Crippen LogP contribution in [0.4, 0.5) is 5.69 Å². The van der Waals surface area contributed by atoms with Gasteiger partial charge in [0.1, 0.15) is 12.4 Å². The molecule has 1 N–H and O–H groups in total. The third-order valence-electron chi connectivity index (χ3n) is 3.24. The fraction of sp³-hybridized carbons (Fsp3) is 0.263. The van der Waals surface area contributed by atoms with Crippen molar-refractivity contribution in [2.45, 2.75) is 13.3 Å². The molecule has 24 heavy (non-hydrogen) atoms. The minimum absolute atomic E-state index is 0.299. The summed E-state index contributed by atoms with van der Waals surface area (Å²) in [6.45, 7) is 3.51. The first kappa shape index (κ1) is 17.4. The van der Waals surface area contributed by atoms with Gasteiger partial charge in [0.05, 0.1) is 23.8 Å². The SMILES string of the molecule is CCCOC(=O)c1ccc(NCCOc2ccc(C#N)cc2)cc1. The van der Waals surface area contributed by atoms with Gasteiger partial charge < -0.3 is 14.8 Å². The van der Waals surface area contributed by atoms with Crippen molar-refractivity contribution in [2.75, 3.05) is 25.1 Å². The molecule has 0 amide bonds. The van der Waals surface area contributed by atoms with Crippen LogP contribution in [0, 0.1) is 11.3 Å². The van der Waals surface area contributed by atoms with Crippen molar-refractivity contribution >= 4 is 11.7 Å². The Morgan fingerprint density at radius 3 is 2.42 bits per heavy atom. The average Bonchev–Trinajstić information content (AvgIpc) is 2.64. The van der Waals surface area contributed by atoms with Gasteiger partial charge in [-0.3, -0.25) is 0 Å². The summed E-state index contributed by atoms with van der Waals surface area (Å²) in [6.07, 6.45) is 0.810. The number of hydrogen-bond acceptors (Lipinski definition) is 5. The van der Waals surface area contributed by atoms with Crippen LogP contribution in [0.2, 0.25) is 0 Å². The van der Waals surface area contributed by atoms with Gasteiger partial charge in [0.25, 0.3) is 0 Å². The fourth-order valence-corrected chi connectivity index (χ4v) is 1.99. The van der Waals surface area contributed by atoms with Crippen molar-refractivity contribution in [3.8, 4) is 11.8 Å². The second-order valence-corrected chi connectivity index (χ2v) is 5.12. The zero-order valence-corrected chi connectivity index (χ0v) is 13.6. The molecule has 0 radical (unpaired) electrons. The lowest BCUT2D eigenvalue weighted by atomic mass is 10.2. The van der Waals surface area contributed by atoms with Crippen LogP contribution in [-0.2, 0) is 4.74 Å². The Morgan fingerprint density at radius 1 is 1.08 bits per heavy atom. The molecule has 5 nitrogen and oxygen atoms in total. The van der Waals surface area contributed by atoms with E-state index >= 15 is 0 Å². The molecule has 2 rings (SSSR count). The Morgan fingerprint density at radius 2 is 1.79 bits per heavy atom. The standard InChI is InChI=1S/C19H20N2O3/c1-2-12-24-19(22)16-5-7-17(8-6-16)21-11-13-23-18-9-3-15(14-20)4-10-18/h3-10,21H,2,11-13H2,1H3. The van der Waals surface area contributed by atoms with Crippen LogP contribution >= 0.6 is 0 Å². The number of esters is 1. The van der Waals surface area contributed by atoms with Gasteiger partial charge in [0.2, 0.25) is 0 Å². The molecule has 2 aromatic carbocycles. The van der Waals surface area contributed by atoms with Crippen molar-refractivity contribution in [1.29, 1.82) is 5.26 Å². The number of hydrogen-bond donors (Lipinski definition) is 1. The lowest BCUT2D eigenvalue weighted by Crippen LogP contribution is -2.11. The van der Waals surface area contributed by atoms with Crippen LogP contribution in [-0.4, -0.2) is 25.7 Å². The Labute approximate surface area is 141 Å². The number of benzene rings is 2. The Balaban J connectivity index is 1.74. The molecule has 0 aliphatic heterocycles. The van der Waals surface area contributed by atoms with Gasteiger partial charge in [-0.05, 0) is 55.0 Å². The third kappa shape index (κ3) is 5.33. The van der Waals surface area contributed by atoms with Gasteiger partial charge in [0, 0.05) is 12.2 Å². The summed E-state index contributed by atoms with van der Waals surface area (Å²) in [7, 11) is 0. The predicted molar refractivity (Wildman–Crippen MR) is 92.2 cm³/mol. The number of ether oxygens (including phenoxy) is 2. The van der Waals surface area contributed by atoms with E-state index in [0.29, 0.717) is 30.9 Å². The first-order chi connectivity index (χ1) is 11.7. The van der Waals surface area contributed by atoms with Gasteiger partial charge in [-0.2, -0.15) is 5.26 Å². The molecule has 0 atom stereocenters. The van der Waals surface area contributed by atoms with E-state index in [1.54, 1.807) is 36.4 Å². The number of anilines is 1. The smallest absolute Gasteiger partial charge is 0.338 e. The Kier molecular flexibility index (Phi) is 6.66. The summed E-state index contributed by atoms with van der Waals surface area (Å²) >= 11 is 0. The second kappa shape index (κ2) is 9.21. The lowest BCUT2D eigenvalue weighted by molar-refractivity contribution is 0.0505. The molecule has 0 fully saturated rings. The van der Waals surface area contributed by atoms with E-state index in [1.165, 1.54) is 0 Å². The number of carbonyl (C=O) groups excluding carboxylic acids is 1. The summed E-state index contributed by atoms with van der Waals surface area (Å²) < 4.78 is 10.7. The summed E-state index contributed by atoms with van der Waals surface area (Å²) in [5, 5.41) is 12.0. The lowest BCUT2D eigenvalue weighted by Gasteiger charge is -2.09. The highest BCUT2D eigenvalue weighted by atomic mass is 16.5. The Bertz CT molecular complexity index is 688. The Hall–Kier alpha value is -3.00. The summed E-state index contributed by atoms with van der Waals surface area (Å²) in [5.74, 6) is 0.428. The minimum Gasteiger partial charge on any atom is -0.492 e. The normalized spacial score (nSPS) is 9.83. The number of nitrogens with one attached hydrogen (secondary N) is 1. The fourth-order valence-electron chi connectivity index (χ4n) is 1.99. The summed E-state index contributed by atoms with van der Waals surface area (Å²) in [5.41, 5.74) is 2.06. The van der Waals surface area contributed by atoms with Crippen molar-refractivity contribution in [1.82, 2.24) is 0 Å². The number of rotatable bonds is 8. The predicted octanol–water partition coefficient (Wildman–Crippen LogP) is 3.62. The van der Waals surface area contributed by atoms with E-state index in [9.17, 15) is 4.79 Å². The third-order valence-corrected chi connectivity index (χ3v) is 3.24. The summed E-state index contributed by atoms with van der Waals surface area (Å²) in [4.78, 5) is 11.7. The van der Waals surface area contributed by atoms with Crippen LogP contribution in [0.3, 0.4) is 0 Å². The molecular weight excluding hydrogens is 304 g/mol. The highest BCUT2D eigenvalue weighted by Gasteiger charge is 2.05. The van der Waals surface area contributed by atoms with Gasteiger partial charge in [0.15, 0.2) is 0 Å². The van der Waals surface area contributed by atoms with Gasteiger partial charge >= 0.3 is 5.97 Å². The molecule has 0 aromatic heterocycles. The minimum atomic E-state index is -0.299. The largest absolute Gasteiger partial charge is 0.492 e. The molecule has 2 aromatic rings. The maximum absolute atomic E-state index is 11.7. The van der Waals surface area contributed by atoms with E-state index in [0.717, 1.165) is 17.9 Å². The highest BCUT2D eigenvalue weighted by molar-refractivity contribution is 5.89. The van der Waals surface area contributed by atoms with Crippen molar-refractivity contribution in [3.05, 3.63) is 59.7 Å². The maximum Gasteiger partial charge on any atom is 0.338 e. The zero-order chi connectivity index (χ0) is 17.2. The van der Waals surface area contributed by atoms with Gasteiger partial charge in [-0.1, -0.05) is 6.92 Å². The van der Waals surface area contributed by atoms with Crippen molar-refractivity contribution < 1.29 is 14.3 Å². The van der Waals surface area contributed by atoms with Crippen molar-refractivity contribution in [3.63, 3.8) is 0 Å². The first-order valence-corrected chi connectivity index (χ1v) is 7.87. The second-order valence-electron chi connectivity index (χ2n) is 5.12. The van der Waals surface area contributed by atoms with E-state index in [2.05, 4.69) is 11.4 Å². The van der Waals surface area contributed by atoms with E-state index < -0.39 is 0 Å². The highest BCUT2D eigenvalue weighted by Crippen LogP contribution is 2.12. The molecule has 124 valence electrons. The van der Waals surface area contributed by atoms with Crippen molar-refractivity contribution in [2.24, 2.45) is 0 Å². The molecular formula is C19H20N2O3. The molecule has 5 heteroatoms. The molecule has 0 saturated heterocycles. The number of nitriles is 1. The van der Waals surface area contributed by atoms with Crippen LogP contribution < -0.4 is 10.1 Å². The van der Waals surface area contributed by atoms with E-state index in [1.807, 2.05) is 19.1 Å². The topological polar surface area (TPSA) is 71.3 Å².